The second-order valence-corrected chi connectivity index (χ2v) is 5.99. The molecular formula is C19H22ClN3O2Os. The van der Waals surface area contributed by atoms with Crippen LogP contribution in [0.3, 0.4) is 0 Å². The molecule has 5 nitrogen and oxygen atoms in total. The van der Waals surface area contributed by atoms with Gasteiger partial charge in [0.1, 0.15) is 0 Å². The summed E-state index contributed by atoms with van der Waals surface area (Å²) in [6, 6.07) is 14.2. The number of nitrogens with zero attached hydrogens (tertiary/aromatic N) is 2. The number of hydrogen-bond acceptors (Lipinski definition) is 4. The molecule has 0 heterocycles. The van der Waals surface area contributed by atoms with Crippen LogP contribution in [0.4, 0.5) is 5.69 Å². The zero-order valence-electron chi connectivity index (χ0n) is 14.3. The minimum Gasteiger partial charge on any atom is -0.366 e. The van der Waals surface area contributed by atoms with E-state index in [0.717, 1.165) is 11.3 Å². The third-order valence-corrected chi connectivity index (χ3v) is 4.15. The van der Waals surface area contributed by atoms with E-state index in [2.05, 4.69) is 13.8 Å². The molecule has 0 saturated carbocycles. The Bertz CT molecular complexity index is 708. The van der Waals surface area contributed by atoms with Crippen molar-refractivity contribution in [1.82, 2.24) is 4.90 Å². The topological polar surface area (TPSA) is 69.8 Å². The van der Waals surface area contributed by atoms with Crippen molar-refractivity contribution in [2.75, 3.05) is 18.0 Å². The quantitative estimate of drug-likeness (QED) is 0.392. The molecule has 26 heavy (non-hydrogen) atoms. The average Bonchev–Trinajstić information content (AvgIpc) is 2.61. The first kappa shape index (κ1) is 22.6. The molecule has 0 aliphatic carbocycles. The van der Waals surface area contributed by atoms with Crippen molar-refractivity contribution in [2.24, 2.45) is 5.73 Å². The van der Waals surface area contributed by atoms with E-state index in [4.69, 9.17) is 17.3 Å². The summed E-state index contributed by atoms with van der Waals surface area (Å²) in [5.41, 5.74) is 7.40. The maximum atomic E-state index is 11.2. The fourth-order valence-corrected chi connectivity index (χ4v) is 2.66. The summed E-state index contributed by atoms with van der Waals surface area (Å²) in [4.78, 5) is 14.7. The van der Waals surface area contributed by atoms with E-state index in [1.165, 1.54) is 0 Å². The Labute approximate surface area is 172 Å². The zero-order valence-corrected chi connectivity index (χ0v) is 17.6. The Balaban J connectivity index is 0.00000338. The van der Waals surface area contributed by atoms with Crippen molar-refractivity contribution in [3.8, 4) is 0 Å². The molecule has 0 aromatic heterocycles. The molecule has 0 aliphatic rings. The number of rotatable bonds is 8. The molecule has 3 N–H and O–H groups in total. The smallest absolute Gasteiger partial charge is 0.366 e. The summed E-state index contributed by atoms with van der Waals surface area (Å²) in [5.74, 6) is -0.474. The molecule has 1 atom stereocenters. The van der Waals surface area contributed by atoms with Crippen LogP contribution in [0.25, 0.3) is 0 Å². The van der Waals surface area contributed by atoms with Gasteiger partial charge in [0.15, 0.2) is 6.35 Å². The van der Waals surface area contributed by atoms with Crippen LogP contribution in [0.2, 0.25) is 5.02 Å². The fraction of sp³-hybridized carbons (Fsp3) is 0.211. The van der Waals surface area contributed by atoms with Gasteiger partial charge in [-0.1, -0.05) is 29.8 Å². The summed E-state index contributed by atoms with van der Waals surface area (Å²) in [7, 11) is 0. The number of primary amides is 1. The maximum Gasteiger partial charge on any atom is 2.00 e. The molecule has 0 saturated heterocycles. The number of anilines is 1. The van der Waals surface area contributed by atoms with Crippen LogP contribution < -0.4 is 10.6 Å². The van der Waals surface area contributed by atoms with Gasteiger partial charge in [0.2, 0.25) is 5.91 Å². The minimum absolute atomic E-state index is 0. The van der Waals surface area contributed by atoms with Crippen molar-refractivity contribution in [3.63, 3.8) is 0 Å². The zero-order chi connectivity index (χ0) is 18.4. The maximum absolute atomic E-state index is 11.2. The van der Waals surface area contributed by atoms with Gasteiger partial charge in [-0.25, -0.2) is 0 Å². The van der Waals surface area contributed by atoms with Gasteiger partial charge in [-0.15, -0.1) is 13.1 Å². The van der Waals surface area contributed by atoms with Crippen molar-refractivity contribution >= 4 is 23.2 Å². The average molecular weight is 550 g/mol. The third kappa shape index (κ3) is 5.79. The monoisotopic (exact) mass is 551 g/mol. The van der Waals surface area contributed by atoms with Crippen LogP contribution >= 0.6 is 11.6 Å². The van der Waals surface area contributed by atoms with Crippen LogP contribution in [0.5, 0.6) is 0 Å². The molecule has 2 aromatic rings. The van der Waals surface area contributed by atoms with Gasteiger partial charge in [0, 0.05) is 22.8 Å². The van der Waals surface area contributed by atoms with Crippen molar-refractivity contribution in [1.29, 1.82) is 0 Å². The van der Waals surface area contributed by atoms with Crippen LogP contribution in [-0.4, -0.2) is 35.4 Å². The molecule has 0 bridgehead atoms. The number of amides is 1. The molecule has 0 aliphatic heterocycles. The van der Waals surface area contributed by atoms with Gasteiger partial charge in [-0.3, -0.25) is 4.79 Å². The first-order valence-corrected chi connectivity index (χ1v) is 8.25. The summed E-state index contributed by atoms with van der Waals surface area (Å²) in [6.45, 7) is 8.89. The Morgan fingerprint density at radius 3 is 2.27 bits per heavy atom. The third-order valence-electron chi connectivity index (χ3n) is 3.91. The number of carbonyl (C=O) groups is 1. The van der Waals surface area contributed by atoms with Gasteiger partial charge in [-0.2, -0.15) is 0 Å². The Morgan fingerprint density at radius 1 is 1.15 bits per heavy atom. The van der Waals surface area contributed by atoms with Crippen LogP contribution in [0.15, 0.2) is 48.5 Å². The summed E-state index contributed by atoms with van der Waals surface area (Å²) < 4.78 is 0. The molecule has 2 rings (SSSR count). The standard InChI is InChI=1S/C19H22ClN3O2.Os/c1-3-22(4-2)19(25)23(17-7-5-6-16(20)12-17)13-14-8-10-15(11-9-14)18(21)24;/h5-12,19,25H,1-4,13H2,(H2,21,24);/q-2;+2. The number of halogens is 1. The molecule has 1 unspecified atom stereocenters. The van der Waals surface area contributed by atoms with E-state index in [-0.39, 0.29) is 19.8 Å². The largest absolute Gasteiger partial charge is 2.00 e. The molecule has 2 aromatic carbocycles. The Morgan fingerprint density at radius 2 is 1.77 bits per heavy atom. The van der Waals surface area contributed by atoms with E-state index in [0.29, 0.717) is 30.2 Å². The van der Waals surface area contributed by atoms with E-state index in [9.17, 15) is 9.90 Å². The number of hydrogen-bond donors (Lipinski definition) is 2. The van der Waals surface area contributed by atoms with Crippen LogP contribution in [0.1, 0.15) is 15.9 Å². The molecule has 0 fully saturated rings. The summed E-state index contributed by atoms with van der Waals surface area (Å²) in [6.07, 6.45) is -0.913. The van der Waals surface area contributed by atoms with E-state index in [1.54, 1.807) is 34.1 Å². The molecule has 1 amide bonds. The normalized spacial score (nSPS) is 11.7. The number of benzene rings is 2. The SMILES string of the molecule is [CH2-]CN(C[CH2-])C(O)N(Cc1ccc(C(N)=O)cc1)c1cccc(Cl)c1.[Os+2]. The summed E-state index contributed by atoms with van der Waals surface area (Å²) in [5, 5.41) is 11.4. The molecule has 0 radical (unpaired) electrons. The predicted molar refractivity (Wildman–Crippen MR) is 101 cm³/mol. The van der Waals surface area contributed by atoms with Gasteiger partial charge in [0.25, 0.3) is 0 Å². The number of nitrogens with two attached hydrogens (primary N) is 1. The van der Waals surface area contributed by atoms with Gasteiger partial charge in [0.05, 0.1) is 0 Å². The van der Waals surface area contributed by atoms with E-state index in [1.807, 2.05) is 24.3 Å². The first-order valence-electron chi connectivity index (χ1n) is 7.87. The van der Waals surface area contributed by atoms with E-state index >= 15 is 0 Å². The molecular weight excluding hydrogens is 528 g/mol. The van der Waals surface area contributed by atoms with Crippen molar-refractivity contribution in [3.05, 3.63) is 78.5 Å². The molecule has 140 valence electrons. The predicted octanol–water partition coefficient (Wildman–Crippen LogP) is 2.69. The number of carbonyl (C=O) groups excluding carboxylic acids is 1. The fourth-order valence-electron chi connectivity index (χ4n) is 2.47. The minimum atomic E-state index is -0.913. The molecule has 7 heteroatoms. The second kappa shape index (κ2) is 10.6. The first-order chi connectivity index (χ1) is 12.0. The summed E-state index contributed by atoms with van der Waals surface area (Å²) >= 11 is 6.10. The van der Waals surface area contributed by atoms with Gasteiger partial charge < -0.3 is 34.5 Å². The van der Waals surface area contributed by atoms with E-state index < -0.39 is 12.3 Å². The number of aliphatic hydroxyl groups is 1. The number of aliphatic hydroxyl groups excluding tert-OH is 1. The van der Waals surface area contributed by atoms with Crippen LogP contribution in [-0.2, 0) is 26.3 Å². The van der Waals surface area contributed by atoms with Crippen LogP contribution in [0, 0.1) is 13.8 Å². The van der Waals surface area contributed by atoms with Gasteiger partial charge in [-0.05, 0) is 35.9 Å². The molecule has 0 spiro atoms. The van der Waals surface area contributed by atoms with Crippen molar-refractivity contribution < 1.29 is 29.7 Å². The van der Waals surface area contributed by atoms with Gasteiger partial charge >= 0.3 is 19.8 Å². The Hall–Kier alpha value is -1.44. The second-order valence-electron chi connectivity index (χ2n) is 5.55. The van der Waals surface area contributed by atoms with Crippen molar-refractivity contribution in [2.45, 2.75) is 12.9 Å². The Kier molecular flexibility index (Phi) is 9.25.